The molecule has 1 aliphatic heterocycles. The van der Waals surface area contributed by atoms with Gasteiger partial charge in [-0.15, -0.1) is 0 Å². The number of hydrogen-bond acceptors (Lipinski definition) is 4. The van der Waals surface area contributed by atoms with E-state index in [1.807, 2.05) is 47.5 Å². The zero-order valence-electron chi connectivity index (χ0n) is 16.8. The number of carbonyl (C=O) groups excluding carboxylic acids is 2. The zero-order chi connectivity index (χ0) is 20.1. The number of nitrogens with one attached hydrogen (secondary N) is 2. The molecule has 1 aliphatic rings. The number of aromatic nitrogens is 1. The minimum atomic E-state index is -0.117. The summed E-state index contributed by atoms with van der Waals surface area (Å²) in [5, 5.41) is 5.79. The van der Waals surface area contributed by atoms with E-state index < -0.39 is 0 Å². The van der Waals surface area contributed by atoms with Crippen LogP contribution in [-0.4, -0.2) is 73.7 Å². The minimum Gasteiger partial charge on any atom is -0.383 e. The Hall–Kier alpha value is -2.74. The third kappa shape index (κ3) is 4.56. The third-order valence-electron chi connectivity index (χ3n) is 4.79. The van der Waals surface area contributed by atoms with Gasteiger partial charge >= 0.3 is 6.03 Å². The number of pyridine rings is 1. The second-order valence-electron chi connectivity index (χ2n) is 7.23. The molecule has 8 heteroatoms. The van der Waals surface area contributed by atoms with E-state index in [1.165, 1.54) is 0 Å². The van der Waals surface area contributed by atoms with Crippen LogP contribution in [0.15, 0.2) is 30.5 Å². The van der Waals surface area contributed by atoms with Crippen molar-refractivity contribution < 1.29 is 14.3 Å². The first-order valence-corrected chi connectivity index (χ1v) is 9.68. The first kappa shape index (κ1) is 20.0. The highest BCUT2D eigenvalue weighted by Crippen LogP contribution is 2.22. The number of amides is 3. The Morgan fingerprint density at radius 3 is 2.50 bits per heavy atom. The van der Waals surface area contributed by atoms with Crippen molar-refractivity contribution in [2.45, 2.75) is 19.9 Å². The third-order valence-corrected chi connectivity index (χ3v) is 4.79. The molecule has 8 nitrogen and oxygen atoms in total. The van der Waals surface area contributed by atoms with Crippen LogP contribution in [0.3, 0.4) is 0 Å². The SMILES string of the molecule is COCCNC(=O)c1ccc2ccc(N3CCN(C(=O)NC(C)C)CC3)n2c1. The van der Waals surface area contributed by atoms with E-state index in [0.717, 1.165) is 24.4 Å². The van der Waals surface area contributed by atoms with Crippen LogP contribution in [0.1, 0.15) is 24.2 Å². The molecule has 2 aromatic rings. The Morgan fingerprint density at radius 2 is 1.82 bits per heavy atom. The fraction of sp³-hybridized carbons (Fsp3) is 0.500. The number of anilines is 1. The molecule has 2 aromatic heterocycles. The Bertz CT molecular complexity index is 824. The predicted octanol–water partition coefficient (Wildman–Crippen LogP) is 1.56. The smallest absolute Gasteiger partial charge is 0.317 e. The monoisotopic (exact) mass is 387 g/mol. The molecule has 0 spiro atoms. The summed E-state index contributed by atoms with van der Waals surface area (Å²) in [6.45, 7) is 7.73. The topological polar surface area (TPSA) is 78.3 Å². The maximum atomic E-state index is 12.3. The van der Waals surface area contributed by atoms with Gasteiger partial charge in [-0.25, -0.2) is 4.79 Å². The van der Waals surface area contributed by atoms with Crippen LogP contribution in [0, 0.1) is 0 Å². The van der Waals surface area contributed by atoms with Crippen molar-refractivity contribution in [2.75, 3.05) is 51.3 Å². The van der Waals surface area contributed by atoms with Crippen LogP contribution in [0.2, 0.25) is 0 Å². The van der Waals surface area contributed by atoms with Crippen LogP contribution < -0.4 is 15.5 Å². The molecular weight excluding hydrogens is 358 g/mol. The average molecular weight is 387 g/mol. The summed E-state index contributed by atoms with van der Waals surface area (Å²) in [5.74, 6) is 0.916. The van der Waals surface area contributed by atoms with Gasteiger partial charge in [-0.05, 0) is 38.1 Å². The van der Waals surface area contributed by atoms with Gasteiger partial charge in [0.1, 0.15) is 5.82 Å². The Morgan fingerprint density at radius 1 is 1.11 bits per heavy atom. The highest BCUT2D eigenvalue weighted by molar-refractivity contribution is 5.94. The Labute approximate surface area is 165 Å². The van der Waals surface area contributed by atoms with Crippen molar-refractivity contribution in [3.63, 3.8) is 0 Å². The lowest BCUT2D eigenvalue weighted by atomic mass is 10.2. The van der Waals surface area contributed by atoms with Crippen molar-refractivity contribution in [2.24, 2.45) is 0 Å². The highest BCUT2D eigenvalue weighted by atomic mass is 16.5. The molecule has 0 saturated carbocycles. The van der Waals surface area contributed by atoms with E-state index in [9.17, 15) is 9.59 Å². The molecule has 3 heterocycles. The van der Waals surface area contributed by atoms with E-state index in [4.69, 9.17) is 4.74 Å². The molecule has 3 amide bonds. The second-order valence-corrected chi connectivity index (χ2v) is 7.23. The summed E-state index contributed by atoms with van der Waals surface area (Å²) in [6, 6.07) is 8.00. The van der Waals surface area contributed by atoms with Gasteiger partial charge in [0.25, 0.3) is 5.91 Å². The number of nitrogens with zero attached hydrogens (tertiary/aromatic N) is 3. The van der Waals surface area contributed by atoms with Gasteiger partial charge in [-0.1, -0.05) is 0 Å². The Kier molecular flexibility index (Phi) is 6.41. The molecule has 1 saturated heterocycles. The van der Waals surface area contributed by atoms with E-state index in [0.29, 0.717) is 31.8 Å². The molecule has 0 bridgehead atoms. The molecule has 2 N–H and O–H groups in total. The summed E-state index contributed by atoms with van der Waals surface area (Å²) >= 11 is 0. The highest BCUT2D eigenvalue weighted by Gasteiger charge is 2.23. The largest absolute Gasteiger partial charge is 0.383 e. The minimum absolute atomic E-state index is 0.00955. The Balaban J connectivity index is 1.69. The fourth-order valence-electron chi connectivity index (χ4n) is 3.32. The molecule has 0 unspecified atom stereocenters. The number of hydrogen-bond donors (Lipinski definition) is 2. The summed E-state index contributed by atoms with van der Waals surface area (Å²) < 4.78 is 7.01. The summed E-state index contributed by atoms with van der Waals surface area (Å²) in [4.78, 5) is 28.6. The fourth-order valence-corrected chi connectivity index (χ4v) is 3.32. The number of ether oxygens (including phenoxy) is 1. The first-order valence-electron chi connectivity index (χ1n) is 9.68. The van der Waals surface area contributed by atoms with Gasteiger partial charge in [0.2, 0.25) is 0 Å². The molecule has 152 valence electrons. The molecule has 3 rings (SSSR count). The van der Waals surface area contributed by atoms with Crippen LogP contribution in [0.5, 0.6) is 0 Å². The van der Waals surface area contributed by atoms with Crippen molar-refractivity contribution in [1.29, 1.82) is 0 Å². The molecule has 1 fully saturated rings. The number of methoxy groups -OCH3 is 1. The molecular formula is C20H29N5O3. The second kappa shape index (κ2) is 8.97. The molecule has 0 aromatic carbocycles. The standard InChI is InChI=1S/C20H29N5O3/c1-15(2)22-20(27)24-11-9-23(10-12-24)18-7-6-17-5-4-16(14-25(17)18)19(26)21-8-13-28-3/h4-7,14-15H,8-13H2,1-3H3,(H,21,26)(H,22,27). The molecule has 0 aliphatic carbocycles. The zero-order valence-corrected chi connectivity index (χ0v) is 16.8. The van der Waals surface area contributed by atoms with E-state index in [1.54, 1.807) is 7.11 Å². The van der Waals surface area contributed by atoms with E-state index in [-0.39, 0.29) is 18.0 Å². The lowest BCUT2D eigenvalue weighted by molar-refractivity contribution is 0.0936. The van der Waals surface area contributed by atoms with E-state index in [2.05, 4.69) is 21.6 Å². The summed E-state index contributed by atoms with van der Waals surface area (Å²) in [5.41, 5.74) is 1.64. The normalized spacial score (nSPS) is 14.6. The maximum absolute atomic E-state index is 12.3. The van der Waals surface area contributed by atoms with Gasteiger partial charge in [-0.2, -0.15) is 0 Å². The number of piperazine rings is 1. The first-order chi connectivity index (χ1) is 13.5. The van der Waals surface area contributed by atoms with Gasteiger partial charge < -0.3 is 29.6 Å². The molecule has 0 radical (unpaired) electrons. The number of fused-ring (bicyclic) bond motifs is 1. The molecule has 28 heavy (non-hydrogen) atoms. The van der Waals surface area contributed by atoms with Crippen molar-refractivity contribution >= 4 is 23.3 Å². The molecule has 0 atom stereocenters. The van der Waals surface area contributed by atoms with Gasteiger partial charge in [0.05, 0.1) is 12.2 Å². The van der Waals surface area contributed by atoms with Gasteiger partial charge in [0, 0.05) is 57.6 Å². The maximum Gasteiger partial charge on any atom is 0.317 e. The number of urea groups is 1. The lowest BCUT2D eigenvalue weighted by Gasteiger charge is -2.36. The van der Waals surface area contributed by atoms with Crippen molar-refractivity contribution in [3.8, 4) is 0 Å². The predicted molar refractivity (Wildman–Crippen MR) is 109 cm³/mol. The van der Waals surface area contributed by atoms with Crippen molar-refractivity contribution in [1.82, 2.24) is 19.9 Å². The lowest BCUT2D eigenvalue weighted by Crippen LogP contribution is -2.53. The van der Waals surface area contributed by atoms with Gasteiger partial charge in [-0.3, -0.25) is 4.79 Å². The van der Waals surface area contributed by atoms with Gasteiger partial charge in [0.15, 0.2) is 0 Å². The number of carbonyl (C=O) groups is 2. The number of rotatable bonds is 6. The summed E-state index contributed by atoms with van der Waals surface area (Å²) in [6.07, 6.45) is 1.87. The quantitative estimate of drug-likeness (QED) is 0.738. The van der Waals surface area contributed by atoms with E-state index >= 15 is 0 Å². The average Bonchev–Trinajstić information content (AvgIpc) is 3.11. The van der Waals surface area contributed by atoms with Crippen molar-refractivity contribution in [3.05, 3.63) is 36.0 Å². The van der Waals surface area contributed by atoms with Crippen LogP contribution in [-0.2, 0) is 4.74 Å². The van der Waals surface area contributed by atoms with Crippen LogP contribution in [0.4, 0.5) is 10.6 Å². The summed E-state index contributed by atoms with van der Waals surface area (Å²) in [7, 11) is 1.61. The van der Waals surface area contributed by atoms with Crippen LogP contribution >= 0.6 is 0 Å². The van der Waals surface area contributed by atoms with Crippen LogP contribution in [0.25, 0.3) is 5.52 Å².